The highest BCUT2D eigenvalue weighted by Gasteiger charge is 2.25. The fraction of sp³-hybridized carbons (Fsp3) is 0.294. The molecule has 0 fully saturated rings. The van der Waals surface area contributed by atoms with Crippen LogP contribution < -0.4 is 0 Å². The molecule has 0 aromatic heterocycles. The molecule has 86 valence electrons. The molecule has 0 amide bonds. The summed E-state index contributed by atoms with van der Waals surface area (Å²) >= 11 is 0. The van der Waals surface area contributed by atoms with E-state index in [-0.39, 0.29) is 0 Å². The Morgan fingerprint density at radius 2 is 1.94 bits per heavy atom. The van der Waals surface area contributed by atoms with E-state index in [1.54, 1.807) is 0 Å². The van der Waals surface area contributed by atoms with Crippen LogP contribution in [0.25, 0.3) is 6.08 Å². The molecule has 3 rings (SSSR count). The number of hydrogen-bond acceptors (Lipinski definition) is 0. The molecule has 1 aromatic rings. The van der Waals surface area contributed by atoms with E-state index in [1.807, 2.05) is 0 Å². The second kappa shape index (κ2) is 4.03. The molecule has 2 aliphatic carbocycles. The van der Waals surface area contributed by atoms with Gasteiger partial charge in [-0.1, -0.05) is 62.4 Å². The lowest BCUT2D eigenvalue weighted by Gasteiger charge is -2.18. The molecule has 0 nitrogen and oxygen atoms in total. The molecular formula is C17H18. The normalized spacial score (nSPS) is 21.7. The smallest absolute Gasteiger partial charge is 0.0278 e. The van der Waals surface area contributed by atoms with Crippen molar-refractivity contribution in [3.05, 3.63) is 64.8 Å². The Labute approximate surface area is 103 Å². The third-order valence-corrected chi connectivity index (χ3v) is 3.77. The molecule has 0 heteroatoms. The van der Waals surface area contributed by atoms with Crippen LogP contribution in [0, 0.1) is 5.92 Å². The summed E-state index contributed by atoms with van der Waals surface area (Å²) in [7, 11) is 0. The second-order valence-electron chi connectivity index (χ2n) is 5.18. The molecule has 0 heterocycles. The molecule has 0 saturated carbocycles. The maximum absolute atomic E-state index is 2.40. The molecule has 17 heavy (non-hydrogen) atoms. The molecule has 2 aliphatic rings. The van der Waals surface area contributed by atoms with Crippen LogP contribution in [0.4, 0.5) is 0 Å². The van der Waals surface area contributed by atoms with Crippen LogP contribution in [-0.2, 0) is 0 Å². The predicted octanol–water partition coefficient (Wildman–Crippen LogP) is 4.71. The van der Waals surface area contributed by atoms with Gasteiger partial charge >= 0.3 is 0 Å². The molecule has 1 aromatic carbocycles. The van der Waals surface area contributed by atoms with Crippen LogP contribution in [-0.4, -0.2) is 0 Å². The van der Waals surface area contributed by atoms with E-state index in [1.165, 1.54) is 22.3 Å². The SMILES string of the molecule is CC(C)C1=CCC=C1C1C=Cc2ccccc21. The zero-order valence-electron chi connectivity index (χ0n) is 10.5. The predicted molar refractivity (Wildman–Crippen MR) is 73.8 cm³/mol. The van der Waals surface area contributed by atoms with Gasteiger partial charge in [-0.25, -0.2) is 0 Å². The maximum Gasteiger partial charge on any atom is 0.0278 e. The first-order valence-electron chi connectivity index (χ1n) is 6.45. The minimum atomic E-state index is 0.488. The van der Waals surface area contributed by atoms with E-state index in [9.17, 15) is 0 Å². The number of fused-ring (bicyclic) bond motifs is 1. The minimum Gasteiger partial charge on any atom is -0.0769 e. The Morgan fingerprint density at radius 1 is 1.12 bits per heavy atom. The third-order valence-electron chi connectivity index (χ3n) is 3.77. The van der Waals surface area contributed by atoms with Crippen LogP contribution >= 0.6 is 0 Å². The fourth-order valence-corrected chi connectivity index (χ4v) is 2.94. The van der Waals surface area contributed by atoms with Crippen LogP contribution in [0.15, 0.2) is 53.6 Å². The number of rotatable bonds is 2. The van der Waals surface area contributed by atoms with Gasteiger partial charge in [-0.15, -0.1) is 0 Å². The largest absolute Gasteiger partial charge is 0.0769 e. The van der Waals surface area contributed by atoms with Crippen molar-refractivity contribution in [1.29, 1.82) is 0 Å². The van der Waals surface area contributed by atoms with Crippen LogP contribution in [0.5, 0.6) is 0 Å². The van der Waals surface area contributed by atoms with E-state index < -0.39 is 0 Å². The Kier molecular flexibility index (Phi) is 2.51. The maximum atomic E-state index is 2.40. The van der Waals surface area contributed by atoms with Crippen molar-refractivity contribution in [2.45, 2.75) is 26.2 Å². The van der Waals surface area contributed by atoms with E-state index in [0.717, 1.165) is 6.42 Å². The molecule has 0 aliphatic heterocycles. The highest BCUT2D eigenvalue weighted by atomic mass is 14.3. The van der Waals surface area contributed by atoms with Crippen molar-refractivity contribution in [3.63, 3.8) is 0 Å². The average molecular weight is 222 g/mol. The summed E-state index contributed by atoms with van der Waals surface area (Å²) in [4.78, 5) is 0. The first-order valence-corrected chi connectivity index (χ1v) is 6.45. The van der Waals surface area contributed by atoms with Crippen molar-refractivity contribution in [1.82, 2.24) is 0 Å². The van der Waals surface area contributed by atoms with Crippen molar-refractivity contribution in [2.24, 2.45) is 5.92 Å². The lowest BCUT2D eigenvalue weighted by molar-refractivity contribution is 0.764. The molecule has 0 saturated heterocycles. The van der Waals surface area contributed by atoms with Gasteiger partial charge in [0.2, 0.25) is 0 Å². The van der Waals surface area contributed by atoms with Crippen LogP contribution in [0.3, 0.4) is 0 Å². The van der Waals surface area contributed by atoms with E-state index >= 15 is 0 Å². The van der Waals surface area contributed by atoms with E-state index in [2.05, 4.69) is 62.4 Å². The summed E-state index contributed by atoms with van der Waals surface area (Å²) in [6.07, 6.45) is 10.5. The standard InChI is InChI=1S/C17H18/c1-12(2)14-8-5-9-16(14)17-11-10-13-6-3-4-7-15(13)17/h3-4,6-12,17H,5H2,1-2H3. The van der Waals surface area contributed by atoms with Crippen LogP contribution in [0.1, 0.15) is 37.3 Å². The molecule has 1 atom stereocenters. The third kappa shape index (κ3) is 1.68. The topological polar surface area (TPSA) is 0 Å². The van der Waals surface area contributed by atoms with Crippen LogP contribution in [0.2, 0.25) is 0 Å². The molecule has 0 spiro atoms. The zero-order chi connectivity index (χ0) is 11.8. The Bertz CT molecular complexity index is 527. The van der Waals surface area contributed by atoms with E-state index in [0.29, 0.717) is 11.8 Å². The Morgan fingerprint density at radius 3 is 2.76 bits per heavy atom. The first kappa shape index (κ1) is 10.6. The molecular weight excluding hydrogens is 204 g/mol. The van der Waals surface area contributed by atoms with Gasteiger partial charge in [0.25, 0.3) is 0 Å². The van der Waals surface area contributed by atoms with Gasteiger partial charge in [0.15, 0.2) is 0 Å². The Hall–Kier alpha value is -1.56. The summed E-state index contributed by atoms with van der Waals surface area (Å²) in [5.74, 6) is 1.12. The first-order chi connectivity index (χ1) is 8.27. The average Bonchev–Trinajstić information content (AvgIpc) is 2.94. The summed E-state index contributed by atoms with van der Waals surface area (Å²) in [6, 6.07) is 8.73. The summed E-state index contributed by atoms with van der Waals surface area (Å²) < 4.78 is 0. The van der Waals surface area contributed by atoms with Gasteiger partial charge in [0.1, 0.15) is 0 Å². The Balaban J connectivity index is 1.99. The van der Waals surface area contributed by atoms with Gasteiger partial charge < -0.3 is 0 Å². The quantitative estimate of drug-likeness (QED) is 0.679. The minimum absolute atomic E-state index is 0.488. The second-order valence-corrected chi connectivity index (χ2v) is 5.18. The fourth-order valence-electron chi connectivity index (χ4n) is 2.94. The zero-order valence-corrected chi connectivity index (χ0v) is 10.5. The highest BCUT2D eigenvalue weighted by molar-refractivity contribution is 5.67. The van der Waals surface area contributed by atoms with Crippen molar-refractivity contribution >= 4 is 6.08 Å². The summed E-state index contributed by atoms with van der Waals surface area (Å²) in [5.41, 5.74) is 5.91. The van der Waals surface area contributed by atoms with Crippen molar-refractivity contribution < 1.29 is 0 Å². The lowest BCUT2D eigenvalue weighted by atomic mass is 9.85. The number of benzene rings is 1. The lowest BCUT2D eigenvalue weighted by Crippen LogP contribution is -2.03. The van der Waals surface area contributed by atoms with Crippen molar-refractivity contribution in [2.75, 3.05) is 0 Å². The summed E-state index contributed by atoms with van der Waals surface area (Å²) in [6.45, 7) is 4.57. The summed E-state index contributed by atoms with van der Waals surface area (Å²) in [5, 5.41) is 0. The van der Waals surface area contributed by atoms with Gasteiger partial charge in [-0.3, -0.25) is 0 Å². The molecule has 0 bridgehead atoms. The van der Waals surface area contributed by atoms with Gasteiger partial charge in [0.05, 0.1) is 0 Å². The van der Waals surface area contributed by atoms with Crippen molar-refractivity contribution in [3.8, 4) is 0 Å². The number of hydrogen-bond donors (Lipinski definition) is 0. The number of allylic oxidation sites excluding steroid dienone is 5. The van der Waals surface area contributed by atoms with Gasteiger partial charge in [0, 0.05) is 5.92 Å². The van der Waals surface area contributed by atoms with Gasteiger partial charge in [-0.2, -0.15) is 0 Å². The molecule has 0 N–H and O–H groups in total. The highest BCUT2D eigenvalue weighted by Crippen LogP contribution is 2.42. The van der Waals surface area contributed by atoms with Gasteiger partial charge in [-0.05, 0) is 34.6 Å². The van der Waals surface area contributed by atoms with E-state index in [4.69, 9.17) is 0 Å². The molecule has 1 unspecified atom stereocenters. The molecule has 0 radical (unpaired) electrons. The monoisotopic (exact) mass is 222 g/mol.